The van der Waals surface area contributed by atoms with Crippen molar-refractivity contribution in [3.8, 4) is 11.4 Å². The third-order valence-corrected chi connectivity index (χ3v) is 3.45. The first-order valence-corrected chi connectivity index (χ1v) is 8.84. The summed E-state index contributed by atoms with van der Waals surface area (Å²) < 4.78 is 10.2. The normalized spacial score (nSPS) is 12.1. The molecule has 1 heterocycles. The van der Waals surface area contributed by atoms with Crippen LogP contribution >= 0.6 is 0 Å². The SMILES string of the molecule is C[C@H](OC(=O)CCc1nc(-c2ccccc2)no1)C(=O)NC(=O)NC(C)(C)C. The zero-order valence-electron chi connectivity index (χ0n) is 16.3. The molecule has 3 amide bonds. The minimum absolute atomic E-state index is 0.0395. The van der Waals surface area contributed by atoms with Crippen molar-refractivity contribution in [3.63, 3.8) is 0 Å². The monoisotopic (exact) mass is 388 g/mol. The van der Waals surface area contributed by atoms with Crippen molar-refractivity contribution in [2.24, 2.45) is 0 Å². The number of carbonyl (C=O) groups excluding carboxylic acids is 3. The maximum Gasteiger partial charge on any atom is 0.321 e. The number of hydrogen-bond acceptors (Lipinski definition) is 7. The zero-order chi connectivity index (χ0) is 20.7. The summed E-state index contributed by atoms with van der Waals surface area (Å²) in [5.41, 5.74) is 0.311. The molecule has 1 atom stereocenters. The number of ether oxygens (including phenoxy) is 1. The van der Waals surface area contributed by atoms with Crippen molar-refractivity contribution >= 4 is 17.9 Å². The second-order valence-electron chi connectivity index (χ2n) is 7.20. The van der Waals surface area contributed by atoms with Gasteiger partial charge >= 0.3 is 12.0 Å². The number of esters is 1. The van der Waals surface area contributed by atoms with Crippen molar-refractivity contribution in [2.45, 2.75) is 52.2 Å². The Morgan fingerprint density at radius 2 is 1.86 bits per heavy atom. The minimum atomic E-state index is -1.11. The lowest BCUT2D eigenvalue weighted by Crippen LogP contribution is -2.50. The van der Waals surface area contributed by atoms with E-state index in [0.29, 0.717) is 5.82 Å². The van der Waals surface area contributed by atoms with Crippen LogP contribution in [-0.4, -0.2) is 39.7 Å². The molecule has 0 fully saturated rings. The molecule has 0 aliphatic heterocycles. The van der Waals surface area contributed by atoms with Gasteiger partial charge in [-0.15, -0.1) is 0 Å². The molecule has 0 bridgehead atoms. The topological polar surface area (TPSA) is 123 Å². The van der Waals surface area contributed by atoms with Gasteiger partial charge in [0.05, 0.1) is 6.42 Å². The van der Waals surface area contributed by atoms with Crippen LogP contribution in [0.25, 0.3) is 11.4 Å². The van der Waals surface area contributed by atoms with Crippen molar-refractivity contribution < 1.29 is 23.6 Å². The number of nitrogens with one attached hydrogen (secondary N) is 2. The summed E-state index contributed by atoms with van der Waals surface area (Å²) in [6, 6.07) is 8.64. The summed E-state index contributed by atoms with van der Waals surface area (Å²) in [5, 5.41) is 8.58. The standard InChI is InChI=1S/C19H24N4O5/c1-12(17(25)21-18(26)22-19(2,3)4)27-15(24)11-10-14-20-16(23-28-14)13-8-6-5-7-9-13/h5-9,12H,10-11H2,1-4H3,(H2,21,22,25,26)/t12-/m0/s1. The molecular weight excluding hydrogens is 364 g/mol. The first-order valence-electron chi connectivity index (χ1n) is 8.84. The second-order valence-corrected chi connectivity index (χ2v) is 7.20. The Kier molecular flexibility index (Phi) is 6.86. The predicted molar refractivity (Wildman–Crippen MR) is 100 cm³/mol. The Morgan fingerprint density at radius 3 is 2.50 bits per heavy atom. The number of rotatable bonds is 6. The van der Waals surface area contributed by atoms with Crippen LogP contribution in [0.1, 0.15) is 40.0 Å². The summed E-state index contributed by atoms with van der Waals surface area (Å²) in [4.78, 5) is 39.7. The molecule has 0 saturated carbocycles. The van der Waals surface area contributed by atoms with Crippen molar-refractivity contribution in [2.75, 3.05) is 0 Å². The lowest BCUT2D eigenvalue weighted by atomic mass is 10.1. The van der Waals surface area contributed by atoms with Crippen molar-refractivity contribution in [3.05, 3.63) is 36.2 Å². The van der Waals surface area contributed by atoms with Gasteiger partial charge in [-0.05, 0) is 27.7 Å². The van der Waals surface area contributed by atoms with Crippen LogP contribution in [0.2, 0.25) is 0 Å². The van der Waals surface area contributed by atoms with E-state index in [1.165, 1.54) is 6.92 Å². The minimum Gasteiger partial charge on any atom is -0.453 e. The fourth-order valence-corrected chi connectivity index (χ4v) is 2.16. The largest absolute Gasteiger partial charge is 0.453 e. The molecule has 2 aromatic rings. The highest BCUT2D eigenvalue weighted by Crippen LogP contribution is 2.15. The van der Waals surface area contributed by atoms with Crippen LogP contribution in [-0.2, 0) is 20.7 Å². The van der Waals surface area contributed by atoms with Gasteiger partial charge in [0.15, 0.2) is 6.10 Å². The number of aromatic nitrogens is 2. The highest BCUT2D eigenvalue weighted by Gasteiger charge is 2.22. The quantitative estimate of drug-likeness (QED) is 0.727. The van der Waals surface area contributed by atoms with Gasteiger partial charge in [0, 0.05) is 17.5 Å². The number of urea groups is 1. The van der Waals surface area contributed by atoms with E-state index in [2.05, 4.69) is 20.8 Å². The summed E-state index contributed by atoms with van der Waals surface area (Å²) in [6.45, 7) is 6.72. The first kappa shape index (κ1) is 21.1. The molecule has 0 spiro atoms. The molecular formula is C19H24N4O5. The Labute approximate surface area is 162 Å². The molecule has 28 heavy (non-hydrogen) atoms. The predicted octanol–water partition coefficient (Wildman–Crippen LogP) is 2.23. The summed E-state index contributed by atoms with van der Waals surface area (Å²) in [7, 11) is 0. The van der Waals surface area contributed by atoms with E-state index in [1.807, 2.05) is 30.3 Å². The van der Waals surface area contributed by atoms with Crippen LogP contribution in [0.4, 0.5) is 4.79 Å². The lowest BCUT2D eigenvalue weighted by molar-refractivity contribution is -0.154. The van der Waals surface area contributed by atoms with Crippen LogP contribution < -0.4 is 10.6 Å². The maximum atomic E-state index is 11.9. The molecule has 2 rings (SSSR count). The number of carbonyl (C=O) groups is 3. The molecule has 0 unspecified atom stereocenters. The Balaban J connectivity index is 1.78. The molecule has 9 heteroatoms. The molecule has 1 aromatic heterocycles. The second kappa shape index (κ2) is 9.12. The van der Waals surface area contributed by atoms with Gasteiger partial charge in [-0.1, -0.05) is 35.5 Å². The van der Waals surface area contributed by atoms with Crippen LogP contribution in [0.15, 0.2) is 34.9 Å². The highest BCUT2D eigenvalue weighted by atomic mass is 16.5. The number of hydrogen-bond donors (Lipinski definition) is 2. The molecule has 2 N–H and O–H groups in total. The van der Waals surface area contributed by atoms with E-state index in [9.17, 15) is 14.4 Å². The van der Waals surface area contributed by atoms with E-state index < -0.39 is 29.6 Å². The number of nitrogens with zero attached hydrogens (tertiary/aromatic N) is 2. The van der Waals surface area contributed by atoms with E-state index in [-0.39, 0.29) is 18.7 Å². The Morgan fingerprint density at radius 1 is 1.18 bits per heavy atom. The van der Waals surface area contributed by atoms with Gasteiger partial charge in [-0.3, -0.25) is 14.9 Å². The van der Waals surface area contributed by atoms with E-state index >= 15 is 0 Å². The van der Waals surface area contributed by atoms with Crippen molar-refractivity contribution in [1.29, 1.82) is 0 Å². The third-order valence-electron chi connectivity index (χ3n) is 3.45. The van der Waals surface area contributed by atoms with Crippen LogP contribution in [0.3, 0.4) is 0 Å². The Hall–Kier alpha value is -3.23. The highest BCUT2D eigenvalue weighted by molar-refractivity contribution is 5.97. The zero-order valence-corrected chi connectivity index (χ0v) is 16.3. The average molecular weight is 388 g/mol. The van der Waals surface area contributed by atoms with Gasteiger partial charge in [-0.25, -0.2) is 4.79 Å². The van der Waals surface area contributed by atoms with Gasteiger partial charge in [0.1, 0.15) is 0 Å². The Bertz CT molecular complexity index is 826. The smallest absolute Gasteiger partial charge is 0.321 e. The molecule has 0 aliphatic carbocycles. The lowest BCUT2D eigenvalue weighted by Gasteiger charge is -2.21. The van der Waals surface area contributed by atoms with Gasteiger partial charge < -0.3 is 14.6 Å². The summed E-state index contributed by atoms with van der Waals surface area (Å²) in [6.07, 6.45) is -0.972. The van der Waals surface area contributed by atoms with E-state index in [1.54, 1.807) is 20.8 Å². The average Bonchev–Trinajstić information content (AvgIpc) is 3.08. The maximum absolute atomic E-state index is 11.9. The van der Waals surface area contributed by atoms with Crippen LogP contribution in [0, 0.1) is 0 Å². The molecule has 0 aliphatic rings. The van der Waals surface area contributed by atoms with Crippen LogP contribution in [0.5, 0.6) is 0 Å². The molecule has 0 saturated heterocycles. The number of amides is 3. The fraction of sp³-hybridized carbons (Fsp3) is 0.421. The number of imide groups is 1. The number of aryl methyl sites for hydroxylation is 1. The van der Waals surface area contributed by atoms with Gasteiger partial charge in [0.2, 0.25) is 11.7 Å². The fourth-order valence-electron chi connectivity index (χ4n) is 2.16. The molecule has 9 nitrogen and oxygen atoms in total. The van der Waals surface area contributed by atoms with E-state index in [4.69, 9.17) is 9.26 Å². The number of benzene rings is 1. The first-order chi connectivity index (χ1) is 13.1. The van der Waals surface area contributed by atoms with E-state index in [0.717, 1.165) is 5.56 Å². The van der Waals surface area contributed by atoms with Gasteiger partial charge in [-0.2, -0.15) is 4.98 Å². The van der Waals surface area contributed by atoms with Crippen molar-refractivity contribution in [1.82, 2.24) is 20.8 Å². The summed E-state index contributed by atoms with van der Waals surface area (Å²) in [5.74, 6) is -0.600. The van der Waals surface area contributed by atoms with Gasteiger partial charge in [0.25, 0.3) is 5.91 Å². The molecule has 150 valence electrons. The molecule has 1 aromatic carbocycles. The third kappa shape index (κ3) is 6.82. The summed E-state index contributed by atoms with van der Waals surface area (Å²) >= 11 is 0. The molecule has 0 radical (unpaired) electrons.